The van der Waals surface area contributed by atoms with Crippen molar-refractivity contribution in [2.45, 2.75) is 25.8 Å². The molecule has 1 atom stereocenters. The van der Waals surface area contributed by atoms with Crippen molar-refractivity contribution in [2.75, 3.05) is 10.6 Å². The molecule has 0 bridgehead atoms. The number of carboxylic acids is 1. The van der Waals surface area contributed by atoms with Crippen LogP contribution in [0.2, 0.25) is 0 Å². The Morgan fingerprint density at radius 3 is 2.60 bits per heavy atom. The van der Waals surface area contributed by atoms with Crippen LogP contribution in [0.15, 0.2) is 29.8 Å². The van der Waals surface area contributed by atoms with Gasteiger partial charge in [-0.25, -0.2) is 8.42 Å². The smallest absolute Gasteiger partial charge is 0.303 e. The summed E-state index contributed by atoms with van der Waals surface area (Å²) in [5.74, 6) is -0.886. The fourth-order valence-corrected chi connectivity index (χ4v) is 3.72. The summed E-state index contributed by atoms with van der Waals surface area (Å²) in [6.45, 7) is 1.78. The molecule has 6 heteroatoms. The zero-order chi connectivity index (χ0) is 14.9. The van der Waals surface area contributed by atoms with Gasteiger partial charge in [0.15, 0.2) is 0 Å². The Morgan fingerprint density at radius 2 is 2.00 bits per heavy atom. The van der Waals surface area contributed by atoms with Gasteiger partial charge in [-0.1, -0.05) is 24.3 Å². The second-order valence-corrected chi connectivity index (χ2v) is 6.77. The first-order valence-corrected chi connectivity index (χ1v) is 8.16. The molecule has 108 valence electrons. The molecule has 0 aromatic heterocycles. The van der Waals surface area contributed by atoms with Gasteiger partial charge in [0.2, 0.25) is 10.0 Å². The fraction of sp³-hybridized carbons (Fsp3) is 0.357. The number of para-hydroxylation sites is 1. The molecule has 1 heterocycles. The molecular formula is C14H17NO4S. The van der Waals surface area contributed by atoms with Crippen LogP contribution in [0.1, 0.15) is 25.3 Å². The SMILES string of the molecule is C[C@@H]1C(CCC(=O)O)=Cc2ccccc2N1S(C)(=O)=O. The molecule has 0 aliphatic carbocycles. The second kappa shape index (κ2) is 5.28. The van der Waals surface area contributed by atoms with Crippen molar-refractivity contribution in [3.8, 4) is 0 Å². The second-order valence-electron chi connectivity index (χ2n) is 4.91. The standard InChI is InChI=1S/C14H17NO4S/c1-10-11(7-8-14(16)17)9-12-5-3-4-6-13(12)15(10)20(2,18)19/h3-6,9-10H,7-8H2,1-2H3,(H,16,17)/t10-/m1/s1. The van der Waals surface area contributed by atoms with Crippen LogP contribution < -0.4 is 4.31 Å². The monoisotopic (exact) mass is 295 g/mol. The summed E-state index contributed by atoms with van der Waals surface area (Å²) in [5, 5.41) is 8.79. The summed E-state index contributed by atoms with van der Waals surface area (Å²) in [7, 11) is -3.41. The molecular weight excluding hydrogens is 278 g/mol. The van der Waals surface area contributed by atoms with Crippen LogP contribution in [0, 0.1) is 0 Å². The van der Waals surface area contributed by atoms with E-state index in [1.807, 2.05) is 18.2 Å². The maximum atomic E-state index is 12.0. The van der Waals surface area contributed by atoms with Crippen LogP contribution in [-0.4, -0.2) is 31.8 Å². The van der Waals surface area contributed by atoms with Gasteiger partial charge in [-0.05, 0) is 30.5 Å². The number of aliphatic carboxylic acids is 1. The average Bonchev–Trinajstić information content (AvgIpc) is 2.34. The minimum atomic E-state index is -3.41. The molecule has 0 amide bonds. The van der Waals surface area contributed by atoms with E-state index >= 15 is 0 Å². The first kappa shape index (κ1) is 14.6. The minimum absolute atomic E-state index is 0.00403. The van der Waals surface area contributed by atoms with Crippen LogP contribution in [0.4, 0.5) is 5.69 Å². The quantitative estimate of drug-likeness (QED) is 0.923. The molecule has 1 aliphatic heterocycles. The number of carbonyl (C=O) groups is 1. The molecule has 0 saturated carbocycles. The van der Waals surface area contributed by atoms with Crippen molar-refractivity contribution in [1.29, 1.82) is 0 Å². The number of hydrogen-bond acceptors (Lipinski definition) is 3. The van der Waals surface area contributed by atoms with Gasteiger partial charge >= 0.3 is 5.97 Å². The van der Waals surface area contributed by atoms with Gasteiger partial charge in [0.25, 0.3) is 0 Å². The van der Waals surface area contributed by atoms with Gasteiger partial charge < -0.3 is 5.11 Å². The Hall–Kier alpha value is -1.82. The predicted octanol–water partition coefficient (Wildman–Crippen LogP) is 2.10. The summed E-state index contributed by atoms with van der Waals surface area (Å²) in [5.41, 5.74) is 2.26. The van der Waals surface area contributed by atoms with Crippen molar-refractivity contribution in [3.05, 3.63) is 35.4 Å². The highest BCUT2D eigenvalue weighted by atomic mass is 32.2. The molecule has 1 aliphatic rings. The normalized spacial score (nSPS) is 18.4. The lowest BCUT2D eigenvalue weighted by Gasteiger charge is -2.35. The van der Waals surface area contributed by atoms with Crippen molar-refractivity contribution in [1.82, 2.24) is 0 Å². The van der Waals surface area contributed by atoms with Crippen LogP contribution in [-0.2, 0) is 14.8 Å². The van der Waals surface area contributed by atoms with E-state index < -0.39 is 16.0 Å². The first-order chi connectivity index (χ1) is 9.30. The molecule has 20 heavy (non-hydrogen) atoms. The van der Waals surface area contributed by atoms with Gasteiger partial charge in [0.1, 0.15) is 0 Å². The molecule has 0 unspecified atom stereocenters. The molecule has 1 aromatic carbocycles. The largest absolute Gasteiger partial charge is 0.481 e. The number of benzene rings is 1. The van der Waals surface area contributed by atoms with E-state index in [1.165, 1.54) is 10.6 Å². The number of nitrogens with zero attached hydrogens (tertiary/aromatic N) is 1. The molecule has 0 saturated heterocycles. The third-order valence-corrected chi connectivity index (χ3v) is 4.62. The summed E-state index contributed by atoms with van der Waals surface area (Å²) in [6.07, 6.45) is 3.40. The Bertz CT molecular complexity index is 664. The highest BCUT2D eigenvalue weighted by Crippen LogP contribution is 2.35. The number of fused-ring (bicyclic) bond motifs is 1. The Morgan fingerprint density at radius 1 is 1.35 bits per heavy atom. The molecule has 2 rings (SSSR count). The molecule has 1 N–H and O–H groups in total. The lowest BCUT2D eigenvalue weighted by Crippen LogP contribution is -2.41. The van der Waals surface area contributed by atoms with Crippen molar-refractivity contribution < 1.29 is 18.3 Å². The molecule has 0 fully saturated rings. The summed E-state index contributed by atoms with van der Waals surface area (Å²) < 4.78 is 25.4. The average molecular weight is 295 g/mol. The van der Waals surface area contributed by atoms with Crippen molar-refractivity contribution in [2.24, 2.45) is 0 Å². The van der Waals surface area contributed by atoms with Gasteiger partial charge in [-0.3, -0.25) is 9.10 Å². The van der Waals surface area contributed by atoms with Crippen LogP contribution in [0.5, 0.6) is 0 Å². The van der Waals surface area contributed by atoms with Crippen LogP contribution in [0.3, 0.4) is 0 Å². The van der Waals surface area contributed by atoms with Crippen molar-refractivity contribution in [3.63, 3.8) is 0 Å². The van der Waals surface area contributed by atoms with Crippen molar-refractivity contribution >= 4 is 27.8 Å². The fourth-order valence-electron chi connectivity index (χ4n) is 2.49. The number of carboxylic acid groups (broad SMARTS) is 1. The topological polar surface area (TPSA) is 74.7 Å². The zero-order valence-electron chi connectivity index (χ0n) is 11.4. The van der Waals surface area contributed by atoms with E-state index in [1.54, 1.807) is 19.1 Å². The van der Waals surface area contributed by atoms with E-state index in [-0.39, 0.29) is 12.5 Å². The molecule has 1 aromatic rings. The van der Waals surface area contributed by atoms with E-state index in [0.29, 0.717) is 12.1 Å². The van der Waals surface area contributed by atoms with Gasteiger partial charge in [0.05, 0.1) is 18.0 Å². The van der Waals surface area contributed by atoms with Crippen LogP contribution in [0.25, 0.3) is 6.08 Å². The maximum absolute atomic E-state index is 12.0. The maximum Gasteiger partial charge on any atom is 0.303 e. The summed E-state index contributed by atoms with van der Waals surface area (Å²) >= 11 is 0. The van der Waals surface area contributed by atoms with Gasteiger partial charge in [-0.15, -0.1) is 0 Å². The summed E-state index contributed by atoms with van der Waals surface area (Å²) in [4.78, 5) is 10.7. The van der Waals surface area contributed by atoms with E-state index in [4.69, 9.17) is 5.11 Å². The number of hydrogen-bond donors (Lipinski definition) is 1. The third-order valence-electron chi connectivity index (χ3n) is 3.39. The molecule has 0 spiro atoms. The Balaban J connectivity index is 2.47. The molecule has 5 nitrogen and oxygen atoms in total. The zero-order valence-corrected chi connectivity index (χ0v) is 12.2. The highest BCUT2D eigenvalue weighted by molar-refractivity contribution is 7.92. The van der Waals surface area contributed by atoms with E-state index in [2.05, 4.69) is 0 Å². The third kappa shape index (κ3) is 2.85. The predicted molar refractivity (Wildman–Crippen MR) is 78.1 cm³/mol. The highest BCUT2D eigenvalue weighted by Gasteiger charge is 2.31. The summed E-state index contributed by atoms with van der Waals surface area (Å²) in [6, 6.07) is 6.86. The minimum Gasteiger partial charge on any atom is -0.481 e. The first-order valence-electron chi connectivity index (χ1n) is 6.31. The van der Waals surface area contributed by atoms with Gasteiger partial charge in [0, 0.05) is 6.42 Å². The Labute approximate surface area is 118 Å². The lowest BCUT2D eigenvalue weighted by molar-refractivity contribution is -0.136. The van der Waals surface area contributed by atoms with Gasteiger partial charge in [-0.2, -0.15) is 0 Å². The number of sulfonamides is 1. The number of anilines is 1. The van der Waals surface area contributed by atoms with Crippen LogP contribution >= 0.6 is 0 Å². The lowest BCUT2D eigenvalue weighted by atomic mass is 9.95. The van der Waals surface area contributed by atoms with E-state index in [0.717, 1.165) is 11.1 Å². The Kier molecular flexibility index (Phi) is 3.85. The molecule has 0 radical (unpaired) electrons. The van der Waals surface area contributed by atoms with E-state index in [9.17, 15) is 13.2 Å². The number of rotatable bonds is 4.